The lowest BCUT2D eigenvalue weighted by Crippen LogP contribution is -2.47. The van der Waals surface area contributed by atoms with E-state index in [4.69, 9.17) is 9.15 Å². The molecule has 0 spiro atoms. The molecule has 18 heavy (non-hydrogen) atoms. The molecule has 1 aromatic rings. The van der Waals surface area contributed by atoms with Gasteiger partial charge in [-0.1, -0.05) is 13.8 Å². The van der Waals surface area contributed by atoms with Crippen molar-refractivity contribution in [3.8, 4) is 0 Å². The lowest BCUT2D eigenvalue weighted by molar-refractivity contribution is 0.0322. The summed E-state index contributed by atoms with van der Waals surface area (Å²) >= 11 is 0. The first kappa shape index (κ1) is 13.4. The van der Waals surface area contributed by atoms with Crippen LogP contribution in [0.25, 0.3) is 0 Å². The fourth-order valence-electron chi connectivity index (χ4n) is 1.99. The van der Waals surface area contributed by atoms with E-state index in [1.54, 1.807) is 6.26 Å². The number of morpholine rings is 1. The predicted molar refractivity (Wildman–Crippen MR) is 70.7 cm³/mol. The molecule has 0 bridgehead atoms. The van der Waals surface area contributed by atoms with E-state index in [-0.39, 0.29) is 6.10 Å². The van der Waals surface area contributed by atoms with E-state index in [9.17, 15) is 0 Å². The standard InChI is InChI=1S/C13H23N3O2/c1-9(2)14-5-12-8-18-13(15-12)16-6-11(4)17-7-10(16)3/h8-11,14H,5-7H2,1-4H3. The van der Waals surface area contributed by atoms with Crippen LogP contribution in [0.15, 0.2) is 10.7 Å². The molecule has 1 aromatic heterocycles. The fraction of sp³-hybridized carbons (Fsp3) is 0.769. The SMILES string of the molecule is CC(C)NCc1coc(N2CC(C)OCC2C)n1. The Morgan fingerprint density at radius 1 is 1.50 bits per heavy atom. The Morgan fingerprint density at radius 2 is 2.28 bits per heavy atom. The van der Waals surface area contributed by atoms with Crippen molar-refractivity contribution in [2.75, 3.05) is 18.1 Å². The molecule has 1 aliphatic rings. The molecule has 1 aliphatic heterocycles. The summed E-state index contributed by atoms with van der Waals surface area (Å²) in [6.07, 6.45) is 1.96. The van der Waals surface area contributed by atoms with Crippen molar-refractivity contribution >= 4 is 6.01 Å². The molecule has 5 nitrogen and oxygen atoms in total. The van der Waals surface area contributed by atoms with Crippen LogP contribution in [0.5, 0.6) is 0 Å². The van der Waals surface area contributed by atoms with Crippen LogP contribution in [0.2, 0.25) is 0 Å². The second kappa shape index (κ2) is 5.71. The maximum Gasteiger partial charge on any atom is 0.297 e. The summed E-state index contributed by atoms with van der Waals surface area (Å²) in [6.45, 7) is 10.7. The molecule has 5 heteroatoms. The van der Waals surface area contributed by atoms with Gasteiger partial charge in [0.25, 0.3) is 6.01 Å². The molecule has 0 radical (unpaired) electrons. The first-order valence-corrected chi connectivity index (χ1v) is 6.62. The maximum atomic E-state index is 5.60. The molecule has 2 heterocycles. The van der Waals surface area contributed by atoms with E-state index in [0.29, 0.717) is 18.1 Å². The highest BCUT2D eigenvalue weighted by atomic mass is 16.5. The highest BCUT2D eigenvalue weighted by Crippen LogP contribution is 2.21. The molecule has 0 saturated carbocycles. The highest BCUT2D eigenvalue weighted by molar-refractivity contribution is 5.30. The quantitative estimate of drug-likeness (QED) is 0.886. The Labute approximate surface area is 109 Å². The van der Waals surface area contributed by atoms with Crippen LogP contribution in [0, 0.1) is 0 Å². The van der Waals surface area contributed by atoms with Crippen LogP contribution in [0.4, 0.5) is 6.01 Å². The van der Waals surface area contributed by atoms with Crippen LogP contribution in [-0.4, -0.2) is 36.3 Å². The van der Waals surface area contributed by atoms with Crippen molar-refractivity contribution in [1.29, 1.82) is 0 Å². The van der Waals surface area contributed by atoms with Crippen LogP contribution >= 0.6 is 0 Å². The van der Waals surface area contributed by atoms with Crippen molar-refractivity contribution < 1.29 is 9.15 Å². The van der Waals surface area contributed by atoms with Gasteiger partial charge in [-0.05, 0) is 13.8 Å². The molecule has 1 saturated heterocycles. The number of aromatic nitrogens is 1. The van der Waals surface area contributed by atoms with Gasteiger partial charge in [-0.15, -0.1) is 0 Å². The molecule has 102 valence electrons. The molecule has 2 unspecified atom stereocenters. The van der Waals surface area contributed by atoms with E-state index in [2.05, 4.69) is 42.9 Å². The van der Waals surface area contributed by atoms with Crippen LogP contribution < -0.4 is 10.2 Å². The monoisotopic (exact) mass is 253 g/mol. The summed E-state index contributed by atoms with van der Waals surface area (Å²) in [5, 5.41) is 3.33. The minimum atomic E-state index is 0.227. The minimum Gasteiger partial charge on any atom is -0.432 e. The molecule has 0 aliphatic carbocycles. The van der Waals surface area contributed by atoms with E-state index in [1.807, 2.05) is 0 Å². The summed E-state index contributed by atoms with van der Waals surface area (Å²) in [5.41, 5.74) is 0.949. The number of anilines is 1. The first-order chi connectivity index (χ1) is 8.56. The normalized spacial score (nSPS) is 24.8. The Bertz CT molecular complexity index is 378. The van der Waals surface area contributed by atoms with Gasteiger partial charge in [-0.3, -0.25) is 0 Å². The molecular weight excluding hydrogens is 230 g/mol. The smallest absolute Gasteiger partial charge is 0.297 e. The second-order valence-corrected chi connectivity index (χ2v) is 5.30. The summed E-state index contributed by atoms with van der Waals surface area (Å²) in [5.74, 6) is 0. The van der Waals surface area contributed by atoms with E-state index < -0.39 is 0 Å². The van der Waals surface area contributed by atoms with Crippen molar-refractivity contribution in [1.82, 2.24) is 10.3 Å². The second-order valence-electron chi connectivity index (χ2n) is 5.30. The van der Waals surface area contributed by atoms with E-state index in [0.717, 1.165) is 25.4 Å². The zero-order chi connectivity index (χ0) is 13.1. The fourth-order valence-corrected chi connectivity index (χ4v) is 1.99. The third-order valence-corrected chi connectivity index (χ3v) is 3.08. The zero-order valence-corrected chi connectivity index (χ0v) is 11.6. The third kappa shape index (κ3) is 3.23. The lowest BCUT2D eigenvalue weighted by Gasteiger charge is -2.35. The number of rotatable bonds is 4. The molecule has 0 amide bonds. The number of hydrogen-bond acceptors (Lipinski definition) is 5. The third-order valence-electron chi connectivity index (χ3n) is 3.08. The van der Waals surface area contributed by atoms with Gasteiger partial charge in [0.15, 0.2) is 0 Å². The van der Waals surface area contributed by atoms with E-state index >= 15 is 0 Å². The largest absolute Gasteiger partial charge is 0.432 e. The van der Waals surface area contributed by atoms with Crippen LogP contribution in [0.1, 0.15) is 33.4 Å². The van der Waals surface area contributed by atoms with Crippen LogP contribution in [0.3, 0.4) is 0 Å². The molecule has 0 aromatic carbocycles. The molecule has 2 atom stereocenters. The topological polar surface area (TPSA) is 50.5 Å². The van der Waals surface area contributed by atoms with Gasteiger partial charge in [-0.2, -0.15) is 4.98 Å². The Kier molecular flexibility index (Phi) is 4.24. The van der Waals surface area contributed by atoms with Crippen molar-refractivity contribution in [3.63, 3.8) is 0 Å². The summed E-state index contributed by atoms with van der Waals surface area (Å²) in [6, 6.07) is 1.47. The van der Waals surface area contributed by atoms with Gasteiger partial charge < -0.3 is 19.4 Å². The Morgan fingerprint density at radius 3 is 3.00 bits per heavy atom. The minimum absolute atomic E-state index is 0.227. The highest BCUT2D eigenvalue weighted by Gasteiger charge is 2.26. The Hall–Kier alpha value is -1.07. The molecular formula is C13H23N3O2. The average molecular weight is 253 g/mol. The number of oxazole rings is 1. The number of nitrogens with zero attached hydrogens (tertiary/aromatic N) is 2. The summed E-state index contributed by atoms with van der Waals surface area (Å²) < 4.78 is 11.2. The van der Waals surface area contributed by atoms with Gasteiger partial charge in [-0.25, -0.2) is 0 Å². The van der Waals surface area contributed by atoms with Crippen LogP contribution in [-0.2, 0) is 11.3 Å². The summed E-state index contributed by atoms with van der Waals surface area (Å²) in [4.78, 5) is 6.71. The van der Waals surface area contributed by atoms with Gasteiger partial charge in [0.1, 0.15) is 6.26 Å². The van der Waals surface area contributed by atoms with Gasteiger partial charge in [0, 0.05) is 19.1 Å². The van der Waals surface area contributed by atoms with Crippen molar-refractivity contribution in [3.05, 3.63) is 12.0 Å². The molecule has 1 N–H and O–H groups in total. The zero-order valence-electron chi connectivity index (χ0n) is 11.6. The van der Waals surface area contributed by atoms with Crippen molar-refractivity contribution in [2.24, 2.45) is 0 Å². The first-order valence-electron chi connectivity index (χ1n) is 6.62. The predicted octanol–water partition coefficient (Wildman–Crippen LogP) is 1.79. The number of hydrogen-bond donors (Lipinski definition) is 1. The van der Waals surface area contributed by atoms with Gasteiger partial charge in [0.2, 0.25) is 0 Å². The van der Waals surface area contributed by atoms with Crippen molar-refractivity contribution in [2.45, 2.75) is 52.4 Å². The molecule has 2 rings (SSSR count). The summed E-state index contributed by atoms with van der Waals surface area (Å²) in [7, 11) is 0. The van der Waals surface area contributed by atoms with Gasteiger partial charge in [0.05, 0.1) is 24.4 Å². The average Bonchev–Trinajstić information content (AvgIpc) is 2.78. The maximum absolute atomic E-state index is 5.60. The number of nitrogens with one attached hydrogen (secondary N) is 1. The van der Waals surface area contributed by atoms with Gasteiger partial charge >= 0.3 is 0 Å². The molecule has 1 fully saturated rings. The Balaban J connectivity index is 1.99. The number of ether oxygens (including phenoxy) is 1. The lowest BCUT2D eigenvalue weighted by atomic mass is 10.2. The van der Waals surface area contributed by atoms with E-state index in [1.165, 1.54) is 0 Å².